The number of halogens is 2. The van der Waals surface area contributed by atoms with Crippen molar-refractivity contribution in [3.05, 3.63) is 82.8 Å². The Bertz CT molecular complexity index is 1280. The summed E-state index contributed by atoms with van der Waals surface area (Å²) in [6.45, 7) is 0. The summed E-state index contributed by atoms with van der Waals surface area (Å²) in [5, 5.41) is 8.51. The summed E-state index contributed by atoms with van der Waals surface area (Å²) in [7, 11) is 0. The molecule has 5 nitrogen and oxygen atoms in total. The number of aliphatic imine (C=N–C) groups is 2. The van der Waals surface area contributed by atoms with E-state index in [1.54, 1.807) is 0 Å². The van der Waals surface area contributed by atoms with Crippen molar-refractivity contribution in [2.75, 3.05) is 5.32 Å². The third-order valence-electron chi connectivity index (χ3n) is 4.34. The maximum atomic E-state index is 6.02. The van der Waals surface area contributed by atoms with Crippen LogP contribution in [0.25, 0.3) is 21.5 Å². The molecule has 7 heteroatoms. The van der Waals surface area contributed by atoms with Gasteiger partial charge in [-0.2, -0.15) is 4.99 Å². The van der Waals surface area contributed by atoms with E-state index < -0.39 is 0 Å². The third kappa shape index (κ3) is 4.59. The van der Waals surface area contributed by atoms with Gasteiger partial charge in [0.25, 0.3) is 0 Å². The molecule has 144 valence electrons. The van der Waals surface area contributed by atoms with E-state index in [2.05, 4.69) is 15.3 Å². The second-order valence-electron chi connectivity index (χ2n) is 6.47. The van der Waals surface area contributed by atoms with E-state index in [4.69, 9.17) is 34.7 Å². The zero-order valence-corrected chi connectivity index (χ0v) is 16.7. The maximum Gasteiger partial charge on any atom is 0.223 e. The quantitative estimate of drug-likeness (QED) is 0.287. The molecular weight excluding hydrogens is 405 g/mol. The number of hydrogen-bond donors (Lipinski definition) is 3. The molecule has 0 unspecified atom stereocenters. The van der Waals surface area contributed by atoms with Crippen LogP contribution < -0.4 is 16.8 Å². The highest BCUT2D eigenvalue weighted by molar-refractivity contribution is 6.31. The number of guanidine groups is 2. The first kappa shape index (κ1) is 19.1. The predicted molar refractivity (Wildman–Crippen MR) is 124 cm³/mol. The van der Waals surface area contributed by atoms with Gasteiger partial charge in [-0.3, -0.25) is 0 Å². The minimum atomic E-state index is 0.0517. The number of nitrogens with two attached hydrogens (primary N) is 2. The molecular formula is C22H17Cl2N5. The Morgan fingerprint density at radius 1 is 0.690 bits per heavy atom. The van der Waals surface area contributed by atoms with Gasteiger partial charge in [-0.25, -0.2) is 4.99 Å². The lowest BCUT2D eigenvalue weighted by atomic mass is 10.1. The fourth-order valence-electron chi connectivity index (χ4n) is 3.02. The van der Waals surface area contributed by atoms with Crippen molar-refractivity contribution in [3.63, 3.8) is 0 Å². The largest absolute Gasteiger partial charge is 0.369 e. The minimum Gasteiger partial charge on any atom is -0.369 e. The predicted octanol–water partition coefficient (Wildman–Crippen LogP) is 5.67. The van der Waals surface area contributed by atoms with Crippen molar-refractivity contribution < 1.29 is 0 Å². The summed E-state index contributed by atoms with van der Waals surface area (Å²) < 4.78 is 0. The van der Waals surface area contributed by atoms with E-state index in [1.807, 2.05) is 72.8 Å². The van der Waals surface area contributed by atoms with E-state index in [0.717, 1.165) is 27.2 Å². The Labute approximate surface area is 177 Å². The number of nitrogens with zero attached hydrogens (tertiary/aromatic N) is 2. The van der Waals surface area contributed by atoms with Crippen LogP contribution in [0.3, 0.4) is 0 Å². The van der Waals surface area contributed by atoms with Crippen LogP contribution in [0, 0.1) is 0 Å². The van der Waals surface area contributed by atoms with E-state index in [9.17, 15) is 0 Å². The topological polar surface area (TPSA) is 88.8 Å². The number of rotatable bonds is 2. The minimum absolute atomic E-state index is 0.0517. The second-order valence-corrected chi connectivity index (χ2v) is 7.35. The van der Waals surface area contributed by atoms with Gasteiger partial charge < -0.3 is 16.8 Å². The first-order valence-corrected chi connectivity index (χ1v) is 9.56. The van der Waals surface area contributed by atoms with Crippen molar-refractivity contribution in [2.24, 2.45) is 21.5 Å². The van der Waals surface area contributed by atoms with Crippen LogP contribution in [-0.4, -0.2) is 11.9 Å². The molecule has 0 heterocycles. The molecule has 0 aliphatic rings. The molecule has 4 aromatic carbocycles. The second kappa shape index (κ2) is 7.99. The Hall–Kier alpha value is -3.28. The summed E-state index contributed by atoms with van der Waals surface area (Å²) >= 11 is 12.0. The number of anilines is 1. The van der Waals surface area contributed by atoms with E-state index in [1.165, 1.54) is 0 Å². The van der Waals surface area contributed by atoms with Crippen LogP contribution in [0.15, 0.2) is 82.8 Å². The standard InChI is InChI=1S/C22H17Cl2N5/c23-17-5-1-15-11-19(7-3-13(15)9-17)27-21(25)29-22(26)28-20-8-4-14-10-18(24)6-2-16(14)12-20/h1-12H,(H5,25,26,27,28,29). The van der Waals surface area contributed by atoms with Gasteiger partial charge in [0.1, 0.15) is 0 Å². The van der Waals surface area contributed by atoms with Crippen molar-refractivity contribution in [2.45, 2.75) is 0 Å². The lowest BCUT2D eigenvalue weighted by molar-refractivity contribution is 1.40. The van der Waals surface area contributed by atoms with Crippen LogP contribution in [0.5, 0.6) is 0 Å². The summed E-state index contributed by atoms with van der Waals surface area (Å²) in [4.78, 5) is 8.44. The molecule has 4 aromatic rings. The van der Waals surface area contributed by atoms with Crippen LogP contribution in [0.1, 0.15) is 0 Å². The van der Waals surface area contributed by atoms with Crippen molar-refractivity contribution in [3.8, 4) is 0 Å². The van der Waals surface area contributed by atoms with Gasteiger partial charge in [-0.05, 0) is 70.1 Å². The lowest BCUT2D eigenvalue weighted by Gasteiger charge is -2.07. The van der Waals surface area contributed by atoms with Gasteiger partial charge in [-0.1, -0.05) is 47.5 Å². The molecule has 29 heavy (non-hydrogen) atoms. The molecule has 0 aliphatic heterocycles. The van der Waals surface area contributed by atoms with Gasteiger partial charge in [0.2, 0.25) is 11.9 Å². The van der Waals surface area contributed by atoms with Crippen LogP contribution in [0.4, 0.5) is 11.4 Å². The SMILES string of the molecule is NC(=Nc1ccc2cc(Cl)ccc2c1)/N=C(\N)Nc1ccc2cc(Cl)ccc2c1. The highest BCUT2D eigenvalue weighted by Gasteiger charge is 2.01. The third-order valence-corrected chi connectivity index (χ3v) is 4.81. The van der Waals surface area contributed by atoms with Crippen LogP contribution in [0.2, 0.25) is 10.0 Å². The molecule has 0 atom stereocenters. The smallest absolute Gasteiger partial charge is 0.223 e. The molecule has 0 amide bonds. The summed E-state index contributed by atoms with van der Waals surface area (Å²) in [5.41, 5.74) is 13.4. The lowest BCUT2D eigenvalue weighted by Crippen LogP contribution is -2.26. The van der Waals surface area contributed by atoms with Gasteiger partial charge in [-0.15, -0.1) is 0 Å². The average molecular weight is 422 g/mol. The Kier molecular flexibility index (Phi) is 5.25. The summed E-state index contributed by atoms with van der Waals surface area (Å²) in [6.07, 6.45) is 0. The maximum absolute atomic E-state index is 6.02. The van der Waals surface area contributed by atoms with E-state index >= 15 is 0 Å². The van der Waals surface area contributed by atoms with Gasteiger partial charge in [0, 0.05) is 15.7 Å². The van der Waals surface area contributed by atoms with E-state index in [0.29, 0.717) is 15.7 Å². The summed E-state index contributed by atoms with van der Waals surface area (Å²) in [6, 6.07) is 22.8. The normalized spacial score (nSPS) is 12.5. The van der Waals surface area contributed by atoms with Crippen molar-refractivity contribution in [1.29, 1.82) is 0 Å². The highest BCUT2D eigenvalue weighted by Crippen LogP contribution is 2.24. The molecule has 5 N–H and O–H groups in total. The molecule has 0 aliphatic carbocycles. The van der Waals surface area contributed by atoms with Gasteiger partial charge >= 0.3 is 0 Å². The molecule has 0 aromatic heterocycles. The first-order valence-electron chi connectivity index (χ1n) is 8.80. The molecule has 0 spiro atoms. The summed E-state index contributed by atoms with van der Waals surface area (Å²) in [5.74, 6) is 0.197. The average Bonchev–Trinajstić information content (AvgIpc) is 2.68. The highest BCUT2D eigenvalue weighted by atomic mass is 35.5. The van der Waals surface area contributed by atoms with Gasteiger partial charge in [0.15, 0.2) is 0 Å². The Morgan fingerprint density at radius 3 is 1.93 bits per heavy atom. The molecule has 0 saturated carbocycles. The number of benzene rings is 4. The van der Waals surface area contributed by atoms with E-state index in [-0.39, 0.29) is 11.9 Å². The molecule has 0 fully saturated rings. The first-order chi connectivity index (χ1) is 14.0. The Morgan fingerprint density at radius 2 is 1.24 bits per heavy atom. The molecule has 4 rings (SSSR count). The monoisotopic (exact) mass is 421 g/mol. The van der Waals surface area contributed by atoms with Crippen molar-refractivity contribution >= 4 is 68.0 Å². The Balaban J connectivity index is 1.53. The van der Waals surface area contributed by atoms with Gasteiger partial charge in [0.05, 0.1) is 5.69 Å². The van der Waals surface area contributed by atoms with Crippen molar-refractivity contribution in [1.82, 2.24) is 0 Å². The molecule has 0 saturated heterocycles. The zero-order valence-electron chi connectivity index (χ0n) is 15.2. The number of nitrogens with one attached hydrogen (secondary N) is 1. The number of fused-ring (bicyclic) bond motifs is 2. The molecule has 0 radical (unpaired) electrons. The fourth-order valence-corrected chi connectivity index (χ4v) is 3.39. The number of hydrogen-bond acceptors (Lipinski definition) is 1. The molecule has 0 bridgehead atoms. The van der Waals surface area contributed by atoms with Crippen LogP contribution >= 0.6 is 23.2 Å². The fraction of sp³-hybridized carbons (Fsp3) is 0. The zero-order chi connectivity index (χ0) is 20.4. The van der Waals surface area contributed by atoms with Crippen LogP contribution in [-0.2, 0) is 0 Å².